The molecule has 3 aromatic heterocycles. The van der Waals surface area contributed by atoms with Gasteiger partial charge >= 0.3 is 0 Å². The Morgan fingerprint density at radius 1 is 1.35 bits per heavy atom. The first-order valence-electron chi connectivity index (χ1n) is 6.36. The van der Waals surface area contributed by atoms with Crippen LogP contribution in [0.4, 0.5) is 11.5 Å². The van der Waals surface area contributed by atoms with Gasteiger partial charge in [0.25, 0.3) is 11.8 Å². The molecular formula is C13H11N7O3. The maximum absolute atomic E-state index is 12.1. The molecule has 0 aliphatic rings. The topological polar surface area (TPSA) is 166 Å². The molecule has 0 aliphatic heterocycles. The molecular weight excluding hydrogens is 302 g/mol. The number of aromatic amines is 1. The minimum Gasteiger partial charge on any atom is -0.444 e. The van der Waals surface area contributed by atoms with Gasteiger partial charge in [-0.1, -0.05) is 0 Å². The van der Waals surface area contributed by atoms with Gasteiger partial charge in [-0.05, 0) is 12.1 Å². The number of H-pyrrole nitrogens is 1. The summed E-state index contributed by atoms with van der Waals surface area (Å²) in [6.07, 6.45) is 3.95. The molecule has 0 atom stereocenters. The number of aromatic nitrogens is 4. The molecule has 0 saturated carbocycles. The number of primary amides is 1. The molecule has 23 heavy (non-hydrogen) atoms. The van der Waals surface area contributed by atoms with Gasteiger partial charge < -0.3 is 21.2 Å². The molecule has 2 amide bonds. The van der Waals surface area contributed by atoms with Crippen LogP contribution < -0.4 is 16.8 Å². The maximum Gasteiger partial charge on any atom is 0.277 e. The number of nitrogen functional groups attached to an aromatic ring is 1. The fraction of sp³-hybridized carbons (Fsp3) is 0. The van der Waals surface area contributed by atoms with Gasteiger partial charge in [-0.2, -0.15) is 5.10 Å². The molecule has 0 saturated heterocycles. The fourth-order valence-corrected chi connectivity index (χ4v) is 1.85. The number of rotatable bonds is 4. The summed E-state index contributed by atoms with van der Waals surface area (Å²) in [7, 11) is 0. The fourth-order valence-electron chi connectivity index (χ4n) is 1.85. The van der Waals surface area contributed by atoms with Gasteiger partial charge in [0.05, 0.1) is 11.9 Å². The highest BCUT2D eigenvalue weighted by Crippen LogP contribution is 2.20. The third-order valence-corrected chi connectivity index (χ3v) is 2.90. The zero-order valence-electron chi connectivity index (χ0n) is 11.6. The van der Waals surface area contributed by atoms with Gasteiger partial charge in [-0.3, -0.25) is 14.7 Å². The quantitative estimate of drug-likeness (QED) is 0.540. The Labute approximate surface area is 128 Å². The van der Waals surface area contributed by atoms with Gasteiger partial charge in [-0.25, -0.2) is 9.97 Å². The SMILES string of the molecule is NC(=O)c1[nH]ncc1NC(=O)c1coc(-c2ccnc(N)c2)n1. The highest BCUT2D eigenvalue weighted by atomic mass is 16.3. The summed E-state index contributed by atoms with van der Waals surface area (Å²) in [4.78, 5) is 31.2. The van der Waals surface area contributed by atoms with Crippen molar-refractivity contribution >= 4 is 23.3 Å². The number of nitrogens with one attached hydrogen (secondary N) is 2. The highest BCUT2D eigenvalue weighted by Gasteiger charge is 2.17. The van der Waals surface area contributed by atoms with Crippen LogP contribution in [0.2, 0.25) is 0 Å². The predicted octanol–water partition coefficient (Wildman–Crippen LogP) is 0.393. The molecule has 10 heteroatoms. The van der Waals surface area contributed by atoms with Crippen LogP contribution in [-0.2, 0) is 0 Å². The van der Waals surface area contributed by atoms with E-state index in [0.29, 0.717) is 11.4 Å². The van der Waals surface area contributed by atoms with Crippen LogP contribution in [0.3, 0.4) is 0 Å². The van der Waals surface area contributed by atoms with E-state index in [0.717, 1.165) is 0 Å². The third-order valence-electron chi connectivity index (χ3n) is 2.90. The summed E-state index contributed by atoms with van der Waals surface area (Å²) in [6, 6.07) is 3.21. The lowest BCUT2D eigenvalue weighted by Crippen LogP contribution is -2.18. The number of pyridine rings is 1. The monoisotopic (exact) mass is 313 g/mol. The van der Waals surface area contributed by atoms with E-state index in [1.807, 2.05) is 0 Å². The van der Waals surface area contributed by atoms with Crippen molar-refractivity contribution < 1.29 is 14.0 Å². The molecule has 0 radical (unpaired) electrons. The summed E-state index contributed by atoms with van der Waals surface area (Å²) in [5, 5.41) is 8.51. The summed E-state index contributed by atoms with van der Waals surface area (Å²) in [5.41, 5.74) is 11.5. The molecule has 3 heterocycles. The molecule has 0 spiro atoms. The van der Waals surface area contributed by atoms with Crippen molar-refractivity contribution in [3.8, 4) is 11.5 Å². The molecule has 6 N–H and O–H groups in total. The predicted molar refractivity (Wildman–Crippen MR) is 79.2 cm³/mol. The number of anilines is 2. The Morgan fingerprint density at radius 2 is 2.17 bits per heavy atom. The first-order chi connectivity index (χ1) is 11.0. The van der Waals surface area contributed by atoms with E-state index in [1.54, 1.807) is 12.1 Å². The highest BCUT2D eigenvalue weighted by molar-refractivity contribution is 6.07. The summed E-state index contributed by atoms with van der Waals surface area (Å²) >= 11 is 0. The van der Waals surface area contributed by atoms with E-state index in [4.69, 9.17) is 15.9 Å². The van der Waals surface area contributed by atoms with E-state index < -0.39 is 11.8 Å². The number of carbonyl (C=O) groups excluding carboxylic acids is 2. The number of carbonyl (C=O) groups is 2. The number of nitrogens with two attached hydrogens (primary N) is 2. The largest absolute Gasteiger partial charge is 0.444 e. The lowest BCUT2D eigenvalue weighted by molar-refractivity contribution is 0.0996. The van der Waals surface area contributed by atoms with Crippen molar-refractivity contribution in [1.29, 1.82) is 0 Å². The minimum atomic E-state index is -0.745. The van der Waals surface area contributed by atoms with Crippen LogP contribution in [-0.4, -0.2) is 32.0 Å². The van der Waals surface area contributed by atoms with E-state index >= 15 is 0 Å². The number of hydrogen-bond acceptors (Lipinski definition) is 7. The number of oxazole rings is 1. The summed E-state index contributed by atoms with van der Waals surface area (Å²) in [6.45, 7) is 0. The molecule has 116 valence electrons. The normalized spacial score (nSPS) is 10.4. The summed E-state index contributed by atoms with van der Waals surface area (Å²) < 4.78 is 5.25. The van der Waals surface area contributed by atoms with Crippen molar-refractivity contribution in [2.75, 3.05) is 11.1 Å². The summed E-state index contributed by atoms with van der Waals surface area (Å²) in [5.74, 6) is -0.806. The van der Waals surface area contributed by atoms with Crippen LogP contribution in [0.25, 0.3) is 11.5 Å². The molecule has 0 bridgehead atoms. The zero-order chi connectivity index (χ0) is 16.4. The molecule has 0 fully saturated rings. The van der Waals surface area contributed by atoms with Crippen molar-refractivity contribution in [2.45, 2.75) is 0 Å². The van der Waals surface area contributed by atoms with Gasteiger partial charge in [0.2, 0.25) is 5.89 Å². The van der Waals surface area contributed by atoms with Crippen molar-refractivity contribution in [2.24, 2.45) is 5.73 Å². The van der Waals surface area contributed by atoms with Gasteiger partial charge in [0.15, 0.2) is 5.69 Å². The first kappa shape index (κ1) is 14.3. The van der Waals surface area contributed by atoms with E-state index in [-0.39, 0.29) is 23.0 Å². The zero-order valence-corrected chi connectivity index (χ0v) is 11.6. The maximum atomic E-state index is 12.1. The lowest BCUT2D eigenvalue weighted by atomic mass is 10.2. The third kappa shape index (κ3) is 2.85. The molecule has 3 aromatic rings. The van der Waals surface area contributed by atoms with Crippen LogP contribution in [0.1, 0.15) is 21.0 Å². The second-order valence-electron chi connectivity index (χ2n) is 4.48. The van der Waals surface area contributed by atoms with Gasteiger partial charge in [0, 0.05) is 11.8 Å². The average Bonchev–Trinajstić information content (AvgIpc) is 3.16. The second kappa shape index (κ2) is 5.60. The van der Waals surface area contributed by atoms with Gasteiger partial charge in [0.1, 0.15) is 17.8 Å². The average molecular weight is 313 g/mol. The standard InChI is InChI=1S/C13H11N7O3/c14-9-3-6(1-2-16-9)13-19-8(5-23-13)12(22)18-7-4-17-20-10(7)11(15)21/h1-5H,(H2,14,16)(H2,15,21)(H,17,20)(H,18,22). The molecule has 0 aliphatic carbocycles. The van der Waals surface area contributed by atoms with Crippen molar-refractivity contribution in [3.63, 3.8) is 0 Å². The number of amides is 2. The van der Waals surface area contributed by atoms with E-state index in [9.17, 15) is 9.59 Å². The molecule has 0 unspecified atom stereocenters. The van der Waals surface area contributed by atoms with Crippen molar-refractivity contribution in [3.05, 3.63) is 42.2 Å². The van der Waals surface area contributed by atoms with Crippen LogP contribution in [0, 0.1) is 0 Å². The Kier molecular flexibility index (Phi) is 3.47. The van der Waals surface area contributed by atoms with Gasteiger partial charge in [-0.15, -0.1) is 0 Å². The van der Waals surface area contributed by atoms with E-state index in [2.05, 4.69) is 25.5 Å². The van der Waals surface area contributed by atoms with E-state index in [1.165, 1.54) is 18.7 Å². The van der Waals surface area contributed by atoms with Crippen LogP contribution in [0.15, 0.2) is 35.2 Å². The van der Waals surface area contributed by atoms with Crippen LogP contribution >= 0.6 is 0 Å². The molecule has 0 aromatic carbocycles. The molecule has 10 nitrogen and oxygen atoms in total. The first-order valence-corrected chi connectivity index (χ1v) is 6.36. The number of hydrogen-bond donors (Lipinski definition) is 4. The minimum absolute atomic E-state index is 0.0102. The Hall–Kier alpha value is -3.69. The second-order valence-corrected chi connectivity index (χ2v) is 4.48. The lowest BCUT2D eigenvalue weighted by Gasteiger charge is -2.00. The number of nitrogens with zero attached hydrogens (tertiary/aromatic N) is 3. The Bertz CT molecular complexity index is 883. The van der Waals surface area contributed by atoms with Crippen LogP contribution in [0.5, 0.6) is 0 Å². The smallest absolute Gasteiger partial charge is 0.277 e. The molecule has 3 rings (SSSR count). The Balaban J connectivity index is 1.81. The van der Waals surface area contributed by atoms with Crippen molar-refractivity contribution in [1.82, 2.24) is 20.2 Å². The Morgan fingerprint density at radius 3 is 2.91 bits per heavy atom.